The minimum atomic E-state index is -0.586. The molecule has 0 aliphatic rings. The molecule has 2 N–H and O–H groups in total. The van der Waals surface area contributed by atoms with E-state index in [0.717, 1.165) is 22.5 Å². The zero-order valence-electron chi connectivity index (χ0n) is 21.9. The van der Waals surface area contributed by atoms with Crippen molar-refractivity contribution in [2.75, 3.05) is 11.9 Å². The van der Waals surface area contributed by atoms with E-state index < -0.39 is 6.10 Å². The van der Waals surface area contributed by atoms with Gasteiger partial charge in [0.15, 0.2) is 0 Å². The first-order chi connectivity index (χ1) is 18.6. The van der Waals surface area contributed by atoms with E-state index in [9.17, 15) is 5.11 Å². The summed E-state index contributed by atoms with van der Waals surface area (Å²) in [5, 5.41) is 18.4. The van der Waals surface area contributed by atoms with Crippen LogP contribution in [0.5, 0.6) is 0 Å². The molecule has 0 amide bonds. The van der Waals surface area contributed by atoms with Gasteiger partial charge < -0.3 is 15.0 Å². The minimum absolute atomic E-state index is 0.460. The lowest BCUT2D eigenvalue weighted by Crippen LogP contribution is -2.25. The number of nitrogens with zero attached hydrogens (tertiary/aromatic N) is 1. The summed E-state index contributed by atoms with van der Waals surface area (Å²) in [5.41, 5.74) is 9.34. The molecule has 0 spiro atoms. The lowest BCUT2D eigenvalue weighted by molar-refractivity contribution is 0.169. The molecule has 188 valence electrons. The molecule has 0 fully saturated rings. The van der Waals surface area contributed by atoms with Crippen LogP contribution in [0.25, 0.3) is 44.1 Å². The summed E-state index contributed by atoms with van der Waals surface area (Å²) < 4.78 is 2.34. The molecule has 0 saturated carbocycles. The molecular formula is C35H32N2O. The van der Waals surface area contributed by atoms with Crippen LogP contribution in [0.4, 0.5) is 5.69 Å². The van der Waals surface area contributed by atoms with E-state index >= 15 is 0 Å². The van der Waals surface area contributed by atoms with E-state index in [4.69, 9.17) is 0 Å². The maximum Gasteiger partial charge on any atom is 0.0891 e. The fraction of sp³-hybridized carbons (Fsp3) is 0.143. The van der Waals surface area contributed by atoms with Gasteiger partial charge in [0.05, 0.1) is 23.9 Å². The highest BCUT2D eigenvalue weighted by Gasteiger charge is 2.23. The highest BCUT2D eigenvalue weighted by molar-refractivity contribution is 6.15. The molecular weight excluding hydrogens is 464 g/mol. The van der Waals surface area contributed by atoms with E-state index in [1.165, 1.54) is 38.4 Å². The minimum Gasteiger partial charge on any atom is -0.389 e. The number of aromatic nitrogens is 1. The summed E-state index contributed by atoms with van der Waals surface area (Å²) in [6, 6.07) is 40.5. The van der Waals surface area contributed by atoms with Crippen LogP contribution in [0.1, 0.15) is 11.1 Å². The van der Waals surface area contributed by atoms with Gasteiger partial charge in [-0.2, -0.15) is 0 Å². The van der Waals surface area contributed by atoms with Gasteiger partial charge in [0.2, 0.25) is 0 Å². The van der Waals surface area contributed by atoms with Gasteiger partial charge in [0.1, 0.15) is 0 Å². The topological polar surface area (TPSA) is 37.2 Å². The lowest BCUT2D eigenvalue weighted by atomic mass is 9.97. The Hall–Kier alpha value is -4.34. The van der Waals surface area contributed by atoms with Crippen molar-refractivity contribution in [1.82, 2.24) is 4.57 Å². The largest absolute Gasteiger partial charge is 0.389 e. The van der Waals surface area contributed by atoms with Crippen LogP contribution in [0, 0.1) is 13.8 Å². The van der Waals surface area contributed by atoms with Crippen LogP contribution >= 0.6 is 0 Å². The van der Waals surface area contributed by atoms with E-state index in [1.54, 1.807) is 0 Å². The smallest absolute Gasteiger partial charge is 0.0891 e. The molecule has 3 nitrogen and oxygen atoms in total. The van der Waals surface area contributed by atoms with Crippen molar-refractivity contribution in [3.05, 3.63) is 126 Å². The fourth-order valence-electron chi connectivity index (χ4n) is 5.46. The Bertz CT molecular complexity index is 1720. The summed E-state index contributed by atoms with van der Waals surface area (Å²) >= 11 is 0. The Morgan fingerprint density at radius 2 is 1.37 bits per heavy atom. The van der Waals surface area contributed by atoms with E-state index in [1.807, 2.05) is 0 Å². The Labute approximate surface area is 224 Å². The highest BCUT2D eigenvalue weighted by Crippen LogP contribution is 2.43. The molecule has 1 aromatic heterocycles. The van der Waals surface area contributed by atoms with Crippen LogP contribution in [0.15, 0.2) is 115 Å². The summed E-state index contributed by atoms with van der Waals surface area (Å²) in [6.45, 7) is 5.16. The van der Waals surface area contributed by atoms with E-state index in [2.05, 4.69) is 139 Å². The summed E-state index contributed by atoms with van der Waals surface area (Å²) in [6.07, 6.45) is -0.586. The predicted octanol–water partition coefficient (Wildman–Crippen LogP) is 8.22. The molecule has 1 atom stereocenters. The molecule has 0 bridgehead atoms. The third-order valence-electron chi connectivity index (χ3n) is 7.50. The predicted molar refractivity (Wildman–Crippen MR) is 161 cm³/mol. The second kappa shape index (κ2) is 10.2. The van der Waals surface area contributed by atoms with Gasteiger partial charge in [-0.15, -0.1) is 0 Å². The highest BCUT2D eigenvalue weighted by atomic mass is 16.3. The van der Waals surface area contributed by atoms with Gasteiger partial charge in [-0.25, -0.2) is 0 Å². The number of aliphatic hydroxyl groups is 1. The van der Waals surface area contributed by atoms with Gasteiger partial charge in [-0.3, -0.25) is 0 Å². The zero-order chi connectivity index (χ0) is 26.1. The van der Waals surface area contributed by atoms with Crippen molar-refractivity contribution in [2.45, 2.75) is 26.5 Å². The fourth-order valence-corrected chi connectivity index (χ4v) is 5.46. The molecule has 0 unspecified atom stereocenters. The Morgan fingerprint density at radius 3 is 2.11 bits per heavy atom. The van der Waals surface area contributed by atoms with Crippen LogP contribution in [-0.4, -0.2) is 22.3 Å². The number of nitrogens with one attached hydrogen (secondary N) is 1. The maximum atomic E-state index is 11.4. The molecule has 0 aliphatic carbocycles. The van der Waals surface area contributed by atoms with Crippen LogP contribution in [0.2, 0.25) is 0 Å². The first-order valence-electron chi connectivity index (χ1n) is 13.2. The number of hydrogen-bond acceptors (Lipinski definition) is 2. The van der Waals surface area contributed by atoms with Crippen molar-refractivity contribution in [1.29, 1.82) is 0 Å². The number of rotatable bonds is 7. The SMILES string of the molecule is Cc1ccc(NC[C@H](O)Cn2c(-c3ccccc3)c(-c3ccccc3)c3ccc4ccccc4c32)cc1C. The number of anilines is 1. The number of benzene rings is 5. The lowest BCUT2D eigenvalue weighted by Gasteiger charge is -2.19. The van der Waals surface area contributed by atoms with Gasteiger partial charge >= 0.3 is 0 Å². The molecule has 0 saturated heterocycles. The normalized spacial score (nSPS) is 12.2. The van der Waals surface area contributed by atoms with Crippen LogP contribution < -0.4 is 5.32 Å². The second-order valence-electron chi connectivity index (χ2n) is 10.1. The van der Waals surface area contributed by atoms with Gasteiger partial charge in [0.25, 0.3) is 0 Å². The zero-order valence-corrected chi connectivity index (χ0v) is 21.9. The third-order valence-corrected chi connectivity index (χ3v) is 7.50. The van der Waals surface area contributed by atoms with Crippen LogP contribution in [0.3, 0.4) is 0 Å². The molecule has 1 heterocycles. The Morgan fingerprint density at radius 1 is 0.684 bits per heavy atom. The average molecular weight is 497 g/mol. The van der Waals surface area contributed by atoms with Crippen molar-refractivity contribution in [2.24, 2.45) is 0 Å². The van der Waals surface area contributed by atoms with Gasteiger partial charge in [-0.05, 0) is 53.6 Å². The van der Waals surface area contributed by atoms with Gasteiger partial charge in [0, 0.05) is 28.6 Å². The van der Waals surface area contributed by atoms with Gasteiger partial charge in [-0.1, -0.05) is 103 Å². The van der Waals surface area contributed by atoms with Crippen molar-refractivity contribution in [3.63, 3.8) is 0 Å². The summed E-state index contributed by atoms with van der Waals surface area (Å²) in [7, 11) is 0. The van der Waals surface area contributed by atoms with E-state index in [-0.39, 0.29) is 0 Å². The first-order valence-corrected chi connectivity index (χ1v) is 13.2. The Kier molecular flexibility index (Phi) is 6.45. The standard InChI is InChI=1S/C35H32N2O/c1-24-17-19-29(21-25(24)2)36-22-30(38)23-37-34(28-14-7-4-8-15-28)33(27-12-5-3-6-13-27)32-20-18-26-11-9-10-16-31(26)35(32)37/h3-21,30,36,38H,22-23H2,1-2H3/t30-/m0/s1. The monoisotopic (exact) mass is 496 g/mol. The molecule has 38 heavy (non-hydrogen) atoms. The quantitative estimate of drug-likeness (QED) is 0.234. The molecule has 3 heteroatoms. The molecule has 0 radical (unpaired) electrons. The van der Waals surface area contributed by atoms with Crippen molar-refractivity contribution >= 4 is 27.4 Å². The average Bonchev–Trinajstić information content (AvgIpc) is 3.29. The van der Waals surface area contributed by atoms with E-state index in [0.29, 0.717) is 13.1 Å². The molecule has 6 aromatic rings. The van der Waals surface area contributed by atoms with Crippen LogP contribution in [-0.2, 0) is 6.54 Å². The second-order valence-corrected chi connectivity index (χ2v) is 10.1. The number of fused-ring (bicyclic) bond motifs is 3. The molecule has 5 aromatic carbocycles. The maximum absolute atomic E-state index is 11.4. The number of aryl methyl sites for hydroxylation is 2. The molecule has 0 aliphatic heterocycles. The van der Waals surface area contributed by atoms with Crippen molar-refractivity contribution < 1.29 is 5.11 Å². The molecule has 6 rings (SSSR count). The van der Waals surface area contributed by atoms with Crippen molar-refractivity contribution in [3.8, 4) is 22.4 Å². The number of aliphatic hydroxyl groups excluding tert-OH is 1. The number of hydrogen-bond donors (Lipinski definition) is 2. The summed E-state index contributed by atoms with van der Waals surface area (Å²) in [4.78, 5) is 0. The summed E-state index contributed by atoms with van der Waals surface area (Å²) in [5.74, 6) is 0. The third kappa shape index (κ3) is 4.46. The Balaban J connectivity index is 1.52. The first kappa shape index (κ1) is 24.0.